The van der Waals surface area contributed by atoms with Gasteiger partial charge in [0.2, 0.25) is 5.91 Å². The van der Waals surface area contributed by atoms with Crippen LogP contribution in [0.4, 0.5) is 0 Å². The first-order chi connectivity index (χ1) is 26.7. The number of hydrogen-bond donors (Lipinski definition) is 3. The number of hydrogen-bond acceptors (Lipinski definition) is 3. The van der Waals surface area contributed by atoms with Gasteiger partial charge in [-0.3, -0.25) is 4.79 Å². The summed E-state index contributed by atoms with van der Waals surface area (Å²) in [4.78, 5) is 12.3. The van der Waals surface area contributed by atoms with Crippen LogP contribution in [-0.2, 0) is 4.79 Å². The first-order valence-electron chi connectivity index (χ1n) is 22.1. The summed E-state index contributed by atoms with van der Waals surface area (Å²) >= 11 is 0. The van der Waals surface area contributed by atoms with E-state index in [2.05, 4.69) is 116 Å². The van der Waals surface area contributed by atoms with E-state index in [-0.39, 0.29) is 12.5 Å². The zero-order chi connectivity index (χ0) is 39.3. The molecule has 0 heterocycles. The van der Waals surface area contributed by atoms with E-state index in [4.69, 9.17) is 0 Å². The molecule has 0 aliphatic heterocycles. The van der Waals surface area contributed by atoms with Crippen LogP contribution >= 0.6 is 0 Å². The van der Waals surface area contributed by atoms with Crippen molar-refractivity contribution in [3.63, 3.8) is 0 Å². The zero-order valence-corrected chi connectivity index (χ0v) is 34.9. The number of nitrogens with one attached hydrogen (secondary N) is 1. The lowest BCUT2D eigenvalue weighted by Crippen LogP contribution is -2.45. The van der Waals surface area contributed by atoms with Crippen molar-refractivity contribution in [2.45, 2.75) is 193 Å². The van der Waals surface area contributed by atoms with E-state index in [1.54, 1.807) is 6.08 Å². The normalized spacial score (nSPS) is 14.1. The molecule has 2 atom stereocenters. The molecule has 0 aromatic heterocycles. The van der Waals surface area contributed by atoms with Crippen LogP contribution in [0.25, 0.3) is 0 Å². The summed E-state index contributed by atoms with van der Waals surface area (Å²) in [5.74, 6) is -0.0858. The second-order valence-corrected chi connectivity index (χ2v) is 14.4. The molecule has 1 amide bonds. The van der Waals surface area contributed by atoms with E-state index in [9.17, 15) is 15.0 Å². The Balaban J connectivity index is 3.54. The number of allylic oxidation sites excluding steroid dienone is 17. The smallest absolute Gasteiger partial charge is 0.220 e. The van der Waals surface area contributed by atoms with E-state index in [1.165, 1.54) is 77.0 Å². The van der Waals surface area contributed by atoms with Gasteiger partial charge in [-0.05, 0) is 83.5 Å². The van der Waals surface area contributed by atoms with Gasteiger partial charge in [-0.2, -0.15) is 0 Å². The summed E-state index contributed by atoms with van der Waals surface area (Å²) in [5.41, 5.74) is 0. The van der Waals surface area contributed by atoms with Gasteiger partial charge in [-0.1, -0.05) is 200 Å². The SMILES string of the molecule is CC/C=C\C/C=C\C/C=C\C/C=C\C/C=C\C/C=C\C/C=C\CCCCCCCCCCCCCCCC(=O)NC(CO)C(O)/C=C/CC/C=C/CCC. The number of carbonyl (C=O) groups is 1. The molecule has 4 nitrogen and oxygen atoms in total. The Morgan fingerprint density at radius 1 is 0.463 bits per heavy atom. The molecule has 0 aromatic carbocycles. The van der Waals surface area contributed by atoms with Gasteiger partial charge in [-0.25, -0.2) is 0 Å². The van der Waals surface area contributed by atoms with Crippen molar-refractivity contribution in [3.05, 3.63) is 109 Å². The monoisotopic (exact) mass is 746 g/mol. The highest BCUT2D eigenvalue weighted by molar-refractivity contribution is 5.76. The molecule has 0 rings (SSSR count). The van der Waals surface area contributed by atoms with Gasteiger partial charge in [0.25, 0.3) is 0 Å². The molecule has 54 heavy (non-hydrogen) atoms. The maximum absolute atomic E-state index is 12.3. The second kappa shape index (κ2) is 44.4. The van der Waals surface area contributed by atoms with Crippen LogP contribution in [-0.4, -0.2) is 34.9 Å². The largest absolute Gasteiger partial charge is 0.394 e. The Morgan fingerprint density at radius 3 is 1.28 bits per heavy atom. The summed E-state index contributed by atoms with van der Waals surface area (Å²) in [6.07, 6.45) is 68.0. The molecule has 0 aliphatic carbocycles. The molecule has 0 radical (unpaired) electrons. The Labute approximate surface area is 334 Å². The maximum Gasteiger partial charge on any atom is 0.220 e. The molecule has 3 N–H and O–H groups in total. The highest BCUT2D eigenvalue weighted by Crippen LogP contribution is 2.14. The molecule has 0 fully saturated rings. The number of unbranched alkanes of at least 4 members (excludes halogenated alkanes) is 15. The van der Waals surface area contributed by atoms with Crippen LogP contribution < -0.4 is 5.32 Å². The van der Waals surface area contributed by atoms with Crippen LogP contribution in [0.2, 0.25) is 0 Å². The lowest BCUT2D eigenvalue weighted by atomic mass is 10.0. The maximum atomic E-state index is 12.3. The first kappa shape index (κ1) is 51.0. The van der Waals surface area contributed by atoms with E-state index < -0.39 is 12.1 Å². The first-order valence-corrected chi connectivity index (χ1v) is 22.1. The van der Waals surface area contributed by atoms with Crippen molar-refractivity contribution in [1.29, 1.82) is 0 Å². The molecule has 0 bridgehead atoms. The number of aliphatic hydroxyl groups is 2. The van der Waals surface area contributed by atoms with Gasteiger partial charge < -0.3 is 15.5 Å². The molecule has 0 aromatic rings. The van der Waals surface area contributed by atoms with E-state index in [0.717, 1.165) is 83.5 Å². The number of carbonyl (C=O) groups excluding carboxylic acids is 1. The summed E-state index contributed by atoms with van der Waals surface area (Å²) in [6, 6.07) is -0.642. The number of aliphatic hydroxyl groups excluding tert-OH is 2. The van der Waals surface area contributed by atoms with Gasteiger partial charge in [0.15, 0.2) is 0 Å². The molecule has 0 spiro atoms. The van der Waals surface area contributed by atoms with Crippen molar-refractivity contribution in [2.24, 2.45) is 0 Å². The van der Waals surface area contributed by atoms with E-state index in [1.807, 2.05) is 6.08 Å². The second-order valence-electron chi connectivity index (χ2n) is 14.4. The third kappa shape index (κ3) is 40.2. The van der Waals surface area contributed by atoms with Crippen LogP contribution in [0.15, 0.2) is 109 Å². The predicted octanol–water partition coefficient (Wildman–Crippen LogP) is 14.0. The van der Waals surface area contributed by atoms with Gasteiger partial charge >= 0.3 is 0 Å². The standard InChI is InChI=1S/C50H83NO3/c1-3-5-7-9-11-12-13-14-15-16-17-18-19-20-21-22-23-24-25-26-27-28-29-30-31-32-33-34-35-36-37-38-40-42-44-46-50(54)51-48(47-52)49(53)45-43-41-39-10-8-6-4-2/h5,7-8,10-12,14-15,17-18,20-21,23-24,26-27,43,45,48-49,52-53H,3-4,6,9,13,16,19,22,25,28-42,44,46-47H2,1-2H3,(H,51,54)/b7-5-,10-8+,12-11-,15-14-,18-17-,21-20-,24-23-,27-26-,45-43+. The minimum absolute atomic E-state index is 0.0858. The van der Waals surface area contributed by atoms with Crippen molar-refractivity contribution >= 4 is 5.91 Å². The van der Waals surface area contributed by atoms with E-state index in [0.29, 0.717) is 6.42 Å². The fourth-order valence-corrected chi connectivity index (χ4v) is 5.89. The Hall–Kier alpha value is -2.95. The minimum atomic E-state index is -0.864. The summed E-state index contributed by atoms with van der Waals surface area (Å²) in [7, 11) is 0. The van der Waals surface area contributed by atoms with Crippen molar-refractivity contribution < 1.29 is 15.0 Å². The minimum Gasteiger partial charge on any atom is -0.394 e. The average Bonchev–Trinajstić information content (AvgIpc) is 3.18. The van der Waals surface area contributed by atoms with Crippen molar-refractivity contribution in [1.82, 2.24) is 5.32 Å². The predicted molar refractivity (Wildman–Crippen MR) is 239 cm³/mol. The van der Waals surface area contributed by atoms with Gasteiger partial charge in [0.05, 0.1) is 18.8 Å². The fraction of sp³-hybridized carbons (Fsp3) is 0.620. The topological polar surface area (TPSA) is 69.6 Å². The highest BCUT2D eigenvalue weighted by atomic mass is 16.3. The van der Waals surface area contributed by atoms with E-state index >= 15 is 0 Å². The van der Waals surface area contributed by atoms with Gasteiger partial charge in [-0.15, -0.1) is 0 Å². The summed E-state index contributed by atoms with van der Waals surface area (Å²) in [6.45, 7) is 4.06. The molecule has 0 saturated heterocycles. The molecule has 4 heteroatoms. The number of rotatable bonds is 38. The van der Waals surface area contributed by atoms with Gasteiger partial charge in [0, 0.05) is 6.42 Å². The number of amides is 1. The third-order valence-electron chi connectivity index (χ3n) is 9.22. The summed E-state index contributed by atoms with van der Waals surface area (Å²) < 4.78 is 0. The molecular formula is C50H83NO3. The molecular weight excluding hydrogens is 663 g/mol. The van der Waals surface area contributed by atoms with Gasteiger partial charge in [0.1, 0.15) is 0 Å². The zero-order valence-electron chi connectivity index (χ0n) is 34.9. The van der Waals surface area contributed by atoms with Crippen LogP contribution in [0, 0.1) is 0 Å². The van der Waals surface area contributed by atoms with Crippen LogP contribution in [0.5, 0.6) is 0 Å². The highest BCUT2D eigenvalue weighted by Gasteiger charge is 2.17. The lowest BCUT2D eigenvalue weighted by molar-refractivity contribution is -0.123. The van der Waals surface area contributed by atoms with Crippen molar-refractivity contribution in [3.8, 4) is 0 Å². The molecule has 2 unspecified atom stereocenters. The Bertz CT molecular complexity index is 1070. The third-order valence-corrected chi connectivity index (χ3v) is 9.22. The average molecular weight is 746 g/mol. The van der Waals surface area contributed by atoms with Crippen LogP contribution in [0.3, 0.4) is 0 Å². The Kier molecular flexibility index (Phi) is 42.0. The lowest BCUT2D eigenvalue weighted by Gasteiger charge is -2.19. The Morgan fingerprint density at radius 2 is 0.833 bits per heavy atom. The quantitative estimate of drug-likeness (QED) is 0.0435. The van der Waals surface area contributed by atoms with Crippen molar-refractivity contribution in [2.75, 3.05) is 6.61 Å². The summed E-state index contributed by atoms with van der Waals surface area (Å²) in [5, 5.41) is 22.7. The molecule has 0 saturated carbocycles. The molecule has 0 aliphatic rings. The van der Waals surface area contributed by atoms with Crippen LogP contribution in [0.1, 0.15) is 181 Å². The fourth-order valence-electron chi connectivity index (χ4n) is 5.89. The molecule has 306 valence electrons.